The van der Waals surface area contributed by atoms with Crippen LogP contribution in [0.3, 0.4) is 0 Å². The van der Waals surface area contributed by atoms with E-state index < -0.39 is 6.10 Å². The van der Waals surface area contributed by atoms with E-state index >= 15 is 0 Å². The molecule has 0 bridgehead atoms. The molecule has 1 aromatic heterocycles. The molecule has 1 atom stereocenters. The molecule has 2 rings (SSSR count). The Labute approximate surface area is 143 Å². The van der Waals surface area contributed by atoms with Crippen LogP contribution in [0.2, 0.25) is 0 Å². The van der Waals surface area contributed by atoms with Crippen molar-refractivity contribution in [3.63, 3.8) is 0 Å². The summed E-state index contributed by atoms with van der Waals surface area (Å²) < 4.78 is 7.32. The zero-order chi connectivity index (χ0) is 17.4. The number of amides is 1. The second-order valence-corrected chi connectivity index (χ2v) is 6.32. The molecule has 0 unspecified atom stereocenters. The van der Waals surface area contributed by atoms with Gasteiger partial charge in [0, 0.05) is 13.2 Å². The van der Waals surface area contributed by atoms with Gasteiger partial charge in [0.05, 0.1) is 6.54 Å². The van der Waals surface area contributed by atoms with Gasteiger partial charge >= 0.3 is 0 Å². The first-order valence-corrected chi connectivity index (χ1v) is 8.34. The van der Waals surface area contributed by atoms with E-state index in [1.54, 1.807) is 17.9 Å². The molecule has 1 N–H and O–H groups in total. The largest absolute Gasteiger partial charge is 0.369 e. The van der Waals surface area contributed by atoms with Gasteiger partial charge in [-0.1, -0.05) is 38.1 Å². The number of ether oxygens (including phenoxy) is 1. The molecule has 1 amide bonds. The summed E-state index contributed by atoms with van der Waals surface area (Å²) in [5, 5.41) is 6.99. The van der Waals surface area contributed by atoms with E-state index in [-0.39, 0.29) is 5.91 Å². The van der Waals surface area contributed by atoms with Crippen LogP contribution in [0, 0.1) is 5.92 Å². The molecule has 2 aromatic rings. The smallest absolute Gasteiger partial charge is 0.249 e. The first kappa shape index (κ1) is 18.1. The van der Waals surface area contributed by atoms with Crippen LogP contribution in [0.1, 0.15) is 38.3 Å². The van der Waals surface area contributed by atoms with Gasteiger partial charge in [0.2, 0.25) is 5.91 Å². The van der Waals surface area contributed by atoms with Crippen molar-refractivity contribution in [3.8, 4) is 0 Å². The number of carbonyl (C=O) groups excluding carboxylic acids is 1. The van der Waals surface area contributed by atoms with Gasteiger partial charge in [-0.25, -0.2) is 9.67 Å². The van der Waals surface area contributed by atoms with E-state index in [0.29, 0.717) is 25.6 Å². The average Bonchev–Trinajstić information content (AvgIpc) is 3.06. The number of hydrogen-bond acceptors (Lipinski definition) is 4. The molecule has 130 valence electrons. The number of nitrogens with one attached hydrogen (secondary N) is 1. The average molecular weight is 330 g/mol. The molecule has 0 aliphatic rings. The third-order valence-corrected chi connectivity index (χ3v) is 3.73. The summed E-state index contributed by atoms with van der Waals surface area (Å²) in [6.07, 6.45) is 3.75. The number of nitrogens with zero attached hydrogens (tertiary/aromatic N) is 3. The van der Waals surface area contributed by atoms with Crippen molar-refractivity contribution in [2.45, 2.75) is 46.4 Å². The Bertz CT molecular complexity index is 608. The van der Waals surface area contributed by atoms with Crippen molar-refractivity contribution in [1.82, 2.24) is 20.1 Å². The van der Waals surface area contributed by atoms with Gasteiger partial charge in [-0.15, -0.1) is 0 Å². The fourth-order valence-electron chi connectivity index (χ4n) is 2.15. The summed E-state index contributed by atoms with van der Waals surface area (Å²) in [6, 6.07) is 8.09. The van der Waals surface area contributed by atoms with E-state index in [1.807, 2.05) is 24.3 Å². The van der Waals surface area contributed by atoms with Gasteiger partial charge in [-0.3, -0.25) is 4.79 Å². The zero-order valence-electron chi connectivity index (χ0n) is 14.6. The maximum Gasteiger partial charge on any atom is 0.249 e. The molecule has 0 aliphatic heterocycles. The maximum atomic E-state index is 12.0. The van der Waals surface area contributed by atoms with E-state index in [0.717, 1.165) is 17.5 Å². The lowest BCUT2D eigenvalue weighted by molar-refractivity contribution is -0.132. The Hall–Kier alpha value is -2.21. The molecular formula is C18H26N4O2. The Morgan fingerprint density at radius 2 is 1.92 bits per heavy atom. The second-order valence-electron chi connectivity index (χ2n) is 6.32. The zero-order valence-corrected chi connectivity index (χ0v) is 14.6. The number of carbonyl (C=O) groups is 1. The standard InChI is InChI=1S/C18H26N4O2/c1-14(2)8-9-24-15(3)18(23)20-10-16-4-6-17(7-5-16)11-22-13-19-12-21-22/h4-7,12-15H,8-11H2,1-3H3,(H,20,23)/t15-/m0/s1. The lowest BCUT2D eigenvalue weighted by atomic mass is 10.1. The molecule has 0 saturated heterocycles. The summed E-state index contributed by atoms with van der Waals surface area (Å²) in [5.41, 5.74) is 2.20. The SMILES string of the molecule is CC(C)CCO[C@@H](C)C(=O)NCc1ccc(Cn2cncn2)cc1. The van der Waals surface area contributed by atoms with E-state index in [9.17, 15) is 4.79 Å². The third-order valence-electron chi connectivity index (χ3n) is 3.73. The van der Waals surface area contributed by atoms with Gasteiger partial charge in [0.1, 0.15) is 18.8 Å². The van der Waals surface area contributed by atoms with Crippen LogP contribution in [0.15, 0.2) is 36.9 Å². The molecule has 0 aliphatic carbocycles. The maximum absolute atomic E-state index is 12.0. The normalized spacial score (nSPS) is 12.3. The predicted molar refractivity (Wildman–Crippen MR) is 92.3 cm³/mol. The van der Waals surface area contributed by atoms with Gasteiger partial charge in [-0.2, -0.15) is 5.10 Å². The number of aromatic nitrogens is 3. The first-order valence-electron chi connectivity index (χ1n) is 8.34. The van der Waals surface area contributed by atoms with Crippen LogP contribution in [-0.4, -0.2) is 33.4 Å². The molecule has 1 aromatic carbocycles. The Morgan fingerprint density at radius 1 is 1.21 bits per heavy atom. The lowest BCUT2D eigenvalue weighted by Gasteiger charge is -2.14. The Morgan fingerprint density at radius 3 is 2.54 bits per heavy atom. The highest BCUT2D eigenvalue weighted by molar-refractivity contribution is 5.80. The van der Waals surface area contributed by atoms with Crippen LogP contribution in [-0.2, 0) is 22.6 Å². The minimum absolute atomic E-state index is 0.0783. The summed E-state index contributed by atoms with van der Waals surface area (Å²) in [7, 11) is 0. The van der Waals surface area contributed by atoms with E-state index in [4.69, 9.17) is 4.74 Å². The van der Waals surface area contributed by atoms with Crippen LogP contribution in [0.5, 0.6) is 0 Å². The molecule has 0 radical (unpaired) electrons. The minimum atomic E-state index is -0.421. The van der Waals surface area contributed by atoms with E-state index in [2.05, 4.69) is 29.2 Å². The van der Waals surface area contributed by atoms with Crippen molar-refractivity contribution in [2.24, 2.45) is 5.92 Å². The lowest BCUT2D eigenvalue weighted by Crippen LogP contribution is -2.34. The monoisotopic (exact) mass is 330 g/mol. The van der Waals surface area contributed by atoms with Gasteiger partial charge in [0.15, 0.2) is 0 Å². The van der Waals surface area contributed by atoms with E-state index in [1.165, 1.54) is 6.33 Å². The molecule has 0 spiro atoms. The van der Waals surface area contributed by atoms with Crippen LogP contribution in [0.4, 0.5) is 0 Å². The van der Waals surface area contributed by atoms with Crippen molar-refractivity contribution in [2.75, 3.05) is 6.61 Å². The van der Waals surface area contributed by atoms with Crippen molar-refractivity contribution >= 4 is 5.91 Å². The number of hydrogen-bond donors (Lipinski definition) is 1. The van der Waals surface area contributed by atoms with Crippen LogP contribution >= 0.6 is 0 Å². The topological polar surface area (TPSA) is 69.0 Å². The highest BCUT2D eigenvalue weighted by Crippen LogP contribution is 2.06. The fraction of sp³-hybridized carbons (Fsp3) is 0.500. The highest BCUT2D eigenvalue weighted by Gasteiger charge is 2.12. The molecule has 0 fully saturated rings. The number of benzene rings is 1. The third kappa shape index (κ3) is 6.12. The molecule has 1 heterocycles. The van der Waals surface area contributed by atoms with Crippen molar-refractivity contribution in [3.05, 3.63) is 48.0 Å². The molecule has 6 nitrogen and oxygen atoms in total. The number of rotatable bonds is 9. The highest BCUT2D eigenvalue weighted by atomic mass is 16.5. The minimum Gasteiger partial charge on any atom is -0.369 e. The predicted octanol–water partition coefficient (Wildman–Crippen LogP) is 2.39. The molecule has 24 heavy (non-hydrogen) atoms. The van der Waals surface area contributed by atoms with Crippen LogP contribution < -0.4 is 5.32 Å². The quantitative estimate of drug-likeness (QED) is 0.766. The molecule has 6 heteroatoms. The first-order chi connectivity index (χ1) is 11.5. The van der Waals surface area contributed by atoms with Gasteiger partial charge in [-0.05, 0) is 30.4 Å². The summed E-state index contributed by atoms with van der Waals surface area (Å²) >= 11 is 0. The fourth-order valence-corrected chi connectivity index (χ4v) is 2.15. The molecular weight excluding hydrogens is 304 g/mol. The van der Waals surface area contributed by atoms with Gasteiger partial charge < -0.3 is 10.1 Å². The van der Waals surface area contributed by atoms with Crippen LogP contribution in [0.25, 0.3) is 0 Å². The van der Waals surface area contributed by atoms with Crippen molar-refractivity contribution in [1.29, 1.82) is 0 Å². The second kappa shape index (κ2) is 9.17. The van der Waals surface area contributed by atoms with Gasteiger partial charge in [0.25, 0.3) is 0 Å². The summed E-state index contributed by atoms with van der Waals surface area (Å²) in [5.74, 6) is 0.502. The summed E-state index contributed by atoms with van der Waals surface area (Å²) in [6.45, 7) is 7.87. The Kier molecular flexibility index (Phi) is 6.93. The summed E-state index contributed by atoms with van der Waals surface area (Å²) in [4.78, 5) is 15.9. The Balaban J connectivity index is 1.74. The molecule has 0 saturated carbocycles. The van der Waals surface area contributed by atoms with Crippen molar-refractivity contribution < 1.29 is 9.53 Å².